The van der Waals surface area contributed by atoms with Gasteiger partial charge in [-0.15, -0.1) is 0 Å². The topological polar surface area (TPSA) is 57.2 Å². The fourth-order valence-electron chi connectivity index (χ4n) is 2.72. The minimum absolute atomic E-state index is 0.101. The first-order chi connectivity index (χ1) is 9.15. The van der Waals surface area contributed by atoms with Crippen LogP contribution in [0, 0.1) is 0 Å². The van der Waals surface area contributed by atoms with E-state index < -0.39 is 0 Å². The fourth-order valence-corrected chi connectivity index (χ4v) is 2.72. The van der Waals surface area contributed by atoms with Gasteiger partial charge in [-0.3, -0.25) is 0 Å². The molecule has 1 aromatic heterocycles. The first kappa shape index (κ1) is 12.1. The van der Waals surface area contributed by atoms with E-state index in [0.29, 0.717) is 11.4 Å². The average Bonchev–Trinajstić information content (AvgIpc) is 2.99. The third-order valence-corrected chi connectivity index (χ3v) is 3.89. The summed E-state index contributed by atoms with van der Waals surface area (Å²) in [6, 6.07) is 7.45. The molecule has 1 fully saturated rings. The Bertz CT molecular complexity index is 624. The molecule has 1 aromatic carbocycles. The predicted octanol–water partition coefficient (Wildman–Crippen LogP) is 2.86. The lowest BCUT2D eigenvalue weighted by atomic mass is 10.1. The van der Waals surface area contributed by atoms with Gasteiger partial charge in [-0.05, 0) is 49.9 Å². The van der Waals surface area contributed by atoms with Gasteiger partial charge < -0.3 is 15.0 Å². The molecule has 4 nitrogen and oxygen atoms in total. The van der Waals surface area contributed by atoms with Crippen LogP contribution in [0.2, 0.25) is 0 Å². The van der Waals surface area contributed by atoms with E-state index in [-0.39, 0.29) is 12.1 Å². The Hall–Kier alpha value is -1.97. The standard InChI is InChI=1S/C15H18N2O2/c1-17-13-7-6-10(8-11(13)9-14(17)16)15(18)19-12-4-2-3-5-12/h6-9,12H,2-5,16H2,1H3. The summed E-state index contributed by atoms with van der Waals surface area (Å²) in [4.78, 5) is 12.1. The summed E-state index contributed by atoms with van der Waals surface area (Å²) in [6.07, 6.45) is 4.40. The Balaban J connectivity index is 1.86. The molecule has 2 aromatic rings. The molecule has 0 atom stereocenters. The normalized spacial score (nSPS) is 16.1. The number of aromatic nitrogens is 1. The molecule has 0 unspecified atom stereocenters. The zero-order chi connectivity index (χ0) is 13.4. The van der Waals surface area contributed by atoms with E-state index in [0.717, 1.165) is 36.6 Å². The van der Waals surface area contributed by atoms with Gasteiger partial charge in [0.1, 0.15) is 11.9 Å². The van der Waals surface area contributed by atoms with Crippen LogP contribution in [0.25, 0.3) is 10.9 Å². The number of benzene rings is 1. The van der Waals surface area contributed by atoms with Crippen LogP contribution >= 0.6 is 0 Å². The monoisotopic (exact) mass is 258 g/mol. The van der Waals surface area contributed by atoms with Crippen molar-refractivity contribution < 1.29 is 9.53 Å². The molecule has 0 radical (unpaired) electrons. The molecule has 1 heterocycles. The van der Waals surface area contributed by atoms with E-state index in [4.69, 9.17) is 10.5 Å². The van der Waals surface area contributed by atoms with Crippen molar-refractivity contribution in [1.29, 1.82) is 0 Å². The smallest absolute Gasteiger partial charge is 0.338 e. The number of esters is 1. The third kappa shape index (κ3) is 2.18. The molecule has 1 aliphatic carbocycles. The maximum absolute atomic E-state index is 12.1. The van der Waals surface area contributed by atoms with E-state index in [1.165, 1.54) is 0 Å². The molecule has 100 valence electrons. The molecule has 0 saturated heterocycles. The molecule has 1 saturated carbocycles. The summed E-state index contributed by atoms with van der Waals surface area (Å²) in [6.45, 7) is 0. The van der Waals surface area contributed by atoms with Crippen LogP contribution in [0.4, 0.5) is 5.82 Å². The van der Waals surface area contributed by atoms with E-state index in [2.05, 4.69) is 0 Å². The summed E-state index contributed by atoms with van der Waals surface area (Å²) in [5.74, 6) is 0.465. The highest BCUT2D eigenvalue weighted by Crippen LogP contribution is 2.24. The second-order valence-corrected chi connectivity index (χ2v) is 5.21. The number of hydrogen-bond donors (Lipinski definition) is 1. The number of anilines is 1. The molecule has 0 bridgehead atoms. The molecule has 0 spiro atoms. The first-order valence-electron chi connectivity index (χ1n) is 6.71. The number of nitrogens with zero attached hydrogens (tertiary/aromatic N) is 1. The Morgan fingerprint density at radius 3 is 2.79 bits per heavy atom. The average molecular weight is 258 g/mol. The molecular weight excluding hydrogens is 240 g/mol. The minimum atomic E-state index is -0.226. The van der Waals surface area contributed by atoms with Crippen LogP contribution in [0.3, 0.4) is 0 Å². The maximum Gasteiger partial charge on any atom is 0.338 e. The third-order valence-electron chi connectivity index (χ3n) is 3.89. The summed E-state index contributed by atoms with van der Waals surface area (Å²) in [5.41, 5.74) is 7.48. The first-order valence-corrected chi connectivity index (χ1v) is 6.71. The number of hydrogen-bond acceptors (Lipinski definition) is 3. The second kappa shape index (κ2) is 4.61. The highest BCUT2D eigenvalue weighted by Gasteiger charge is 2.20. The van der Waals surface area contributed by atoms with Gasteiger partial charge in [-0.1, -0.05) is 0 Å². The molecular formula is C15H18N2O2. The van der Waals surface area contributed by atoms with Crippen molar-refractivity contribution in [3.8, 4) is 0 Å². The fraction of sp³-hybridized carbons (Fsp3) is 0.400. The summed E-state index contributed by atoms with van der Waals surface area (Å²) in [5, 5.41) is 0.973. The van der Waals surface area contributed by atoms with E-state index in [9.17, 15) is 4.79 Å². The number of nitrogens with two attached hydrogens (primary N) is 1. The molecule has 3 rings (SSSR count). The van der Waals surface area contributed by atoms with Crippen molar-refractivity contribution in [3.05, 3.63) is 29.8 Å². The lowest BCUT2D eigenvalue weighted by Crippen LogP contribution is -2.14. The van der Waals surface area contributed by atoms with Gasteiger partial charge in [0.15, 0.2) is 0 Å². The van der Waals surface area contributed by atoms with E-state index >= 15 is 0 Å². The van der Waals surface area contributed by atoms with Gasteiger partial charge in [-0.25, -0.2) is 4.79 Å². The van der Waals surface area contributed by atoms with Gasteiger partial charge >= 0.3 is 5.97 Å². The Kier molecular flexibility index (Phi) is 2.93. The molecule has 0 aliphatic heterocycles. The van der Waals surface area contributed by atoms with Crippen LogP contribution in [0.1, 0.15) is 36.0 Å². The molecule has 4 heteroatoms. The largest absolute Gasteiger partial charge is 0.459 e. The van der Waals surface area contributed by atoms with Crippen LogP contribution in [0.15, 0.2) is 24.3 Å². The van der Waals surface area contributed by atoms with Gasteiger partial charge in [-0.2, -0.15) is 0 Å². The maximum atomic E-state index is 12.1. The van der Waals surface area contributed by atoms with Crippen LogP contribution < -0.4 is 5.73 Å². The number of fused-ring (bicyclic) bond motifs is 1. The van der Waals surface area contributed by atoms with Crippen LogP contribution in [-0.4, -0.2) is 16.6 Å². The second-order valence-electron chi connectivity index (χ2n) is 5.21. The number of carbonyl (C=O) groups excluding carboxylic acids is 1. The summed E-state index contributed by atoms with van der Waals surface area (Å²) < 4.78 is 7.41. The Labute approximate surface area is 112 Å². The van der Waals surface area contributed by atoms with Crippen molar-refractivity contribution in [2.75, 3.05) is 5.73 Å². The highest BCUT2D eigenvalue weighted by atomic mass is 16.5. The lowest BCUT2D eigenvalue weighted by Gasteiger charge is -2.11. The molecule has 19 heavy (non-hydrogen) atoms. The van der Waals surface area contributed by atoms with Gasteiger partial charge in [0.25, 0.3) is 0 Å². The molecule has 1 aliphatic rings. The van der Waals surface area contributed by atoms with E-state index in [1.54, 1.807) is 6.07 Å². The highest BCUT2D eigenvalue weighted by molar-refractivity contribution is 5.96. The lowest BCUT2D eigenvalue weighted by molar-refractivity contribution is 0.0318. The van der Waals surface area contributed by atoms with Gasteiger partial charge in [0.05, 0.1) is 5.56 Å². The predicted molar refractivity (Wildman–Crippen MR) is 75.0 cm³/mol. The van der Waals surface area contributed by atoms with Crippen LogP contribution in [0.5, 0.6) is 0 Å². The van der Waals surface area contributed by atoms with Crippen molar-refractivity contribution in [2.45, 2.75) is 31.8 Å². The Morgan fingerprint density at radius 1 is 1.32 bits per heavy atom. The van der Waals surface area contributed by atoms with E-state index in [1.807, 2.05) is 29.8 Å². The summed E-state index contributed by atoms with van der Waals surface area (Å²) >= 11 is 0. The van der Waals surface area contributed by atoms with Gasteiger partial charge in [0.2, 0.25) is 0 Å². The zero-order valence-electron chi connectivity index (χ0n) is 11.1. The van der Waals surface area contributed by atoms with Crippen molar-refractivity contribution in [2.24, 2.45) is 7.05 Å². The molecule has 2 N–H and O–H groups in total. The zero-order valence-corrected chi connectivity index (χ0v) is 11.1. The van der Waals surface area contributed by atoms with Crippen molar-refractivity contribution >= 4 is 22.7 Å². The number of ether oxygens (including phenoxy) is 1. The number of rotatable bonds is 2. The number of aryl methyl sites for hydroxylation is 1. The SMILES string of the molecule is Cn1c(N)cc2cc(C(=O)OC3CCCC3)ccc21. The van der Waals surface area contributed by atoms with Crippen LogP contribution in [-0.2, 0) is 11.8 Å². The number of nitrogen functional groups attached to an aromatic ring is 1. The summed E-state index contributed by atoms with van der Waals surface area (Å²) in [7, 11) is 1.91. The van der Waals surface area contributed by atoms with Gasteiger partial charge in [0, 0.05) is 18.0 Å². The van der Waals surface area contributed by atoms with Crippen molar-refractivity contribution in [1.82, 2.24) is 4.57 Å². The quantitative estimate of drug-likeness (QED) is 0.843. The minimum Gasteiger partial charge on any atom is -0.459 e. The molecule has 0 amide bonds. The number of carbonyl (C=O) groups is 1. The van der Waals surface area contributed by atoms with Crippen molar-refractivity contribution in [3.63, 3.8) is 0 Å². The Morgan fingerprint density at radius 2 is 2.05 bits per heavy atom.